The molecule has 2 N–H and O–H groups in total. The number of hydrogen-bond acceptors (Lipinski definition) is 3. The number of nitrogens with zero attached hydrogens (tertiary/aromatic N) is 3. The zero-order chi connectivity index (χ0) is 18.2. The van der Waals surface area contributed by atoms with Crippen molar-refractivity contribution in [2.75, 3.05) is 19.7 Å². The first-order valence-corrected chi connectivity index (χ1v) is 9.36. The molecule has 1 saturated heterocycles. The second kappa shape index (κ2) is 10.7. The minimum atomic E-state index is -0.0824. The van der Waals surface area contributed by atoms with E-state index in [9.17, 15) is 0 Å². The molecule has 1 aromatic heterocycles. The number of aromatic nitrogens is 2. The zero-order valence-corrected chi connectivity index (χ0v) is 18.5. The number of imidazole rings is 1. The SMILES string of the molecule is CCNC(=NCc1cccc(Cn2ccnc2)c1)NCC1(C)CCCO1.I. The third-order valence-electron chi connectivity index (χ3n) is 4.61. The van der Waals surface area contributed by atoms with Crippen LogP contribution in [0, 0.1) is 0 Å². The fourth-order valence-electron chi connectivity index (χ4n) is 3.18. The Morgan fingerprint density at radius 1 is 1.33 bits per heavy atom. The minimum absolute atomic E-state index is 0. The molecular formula is C20H30IN5O. The molecule has 3 rings (SSSR count). The number of rotatable bonds is 7. The first-order valence-electron chi connectivity index (χ1n) is 9.36. The lowest BCUT2D eigenvalue weighted by Gasteiger charge is -2.24. The highest BCUT2D eigenvalue weighted by molar-refractivity contribution is 14.0. The maximum atomic E-state index is 5.84. The standard InChI is InChI=1S/C20H29N5O.HI/c1-3-22-19(24-15-20(2)8-5-11-26-20)23-13-17-6-4-7-18(12-17)14-25-10-9-21-16-25;/h4,6-7,9-10,12,16H,3,5,8,11,13-15H2,1-2H3,(H2,22,23,24);1H. The van der Waals surface area contributed by atoms with Crippen molar-refractivity contribution in [3.05, 3.63) is 54.1 Å². The van der Waals surface area contributed by atoms with Crippen LogP contribution in [0.5, 0.6) is 0 Å². The van der Waals surface area contributed by atoms with E-state index < -0.39 is 0 Å². The molecule has 1 aromatic carbocycles. The predicted octanol–water partition coefficient (Wildman–Crippen LogP) is 3.17. The van der Waals surface area contributed by atoms with Gasteiger partial charge in [-0.15, -0.1) is 24.0 Å². The first kappa shape index (κ1) is 21.7. The van der Waals surface area contributed by atoms with Gasteiger partial charge in [0.1, 0.15) is 0 Å². The van der Waals surface area contributed by atoms with Crippen LogP contribution in [-0.4, -0.2) is 40.8 Å². The molecule has 1 fully saturated rings. The maximum Gasteiger partial charge on any atom is 0.191 e. The van der Waals surface area contributed by atoms with E-state index in [1.54, 1.807) is 6.20 Å². The van der Waals surface area contributed by atoms with Crippen LogP contribution >= 0.6 is 24.0 Å². The Kier molecular flexibility index (Phi) is 8.56. The predicted molar refractivity (Wildman–Crippen MR) is 120 cm³/mol. The zero-order valence-electron chi connectivity index (χ0n) is 16.1. The fourth-order valence-corrected chi connectivity index (χ4v) is 3.18. The van der Waals surface area contributed by atoms with E-state index in [2.05, 4.69) is 58.3 Å². The van der Waals surface area contributed by atoms with Crippen molar-refractivity contribution in [3.8, 4) is 0 Å². The summed E-state index contributed by atoms with van der Waals surface area (Å²) in [5.41, 5.74) is 2.37. The lowest BCUT2D eigenvalue weighted by Crippen LogP contribution is -2.45. The van der Waals surface area contributed by atoms with Gasteiger partial charge in [0.15, 0.2) is 5.96 Å². The third-order valence-corrected chi connectivity index (χ3v) is 4.61. The highest BCUT2D eigenvalue weighted by atomic mass is 127. The van der Waals surface area contributed by atoms with Crippen LogP contribution in [0.3, 0.4) is 0 Å². The summed E-state index contributed by atoms with van der Waals surface area (Å²) in [6, 6.07) is 8.54. The van der Waals surface area contributed by atoms with Crippen LogP contribution in [0.4, 0.5) is 0 Å². The maximum absolute atomic E-state index is 5.84. The number of halogens is 1. The van der Waals surface area contributed by atoms with Gasteiger partial charge in [0.25, 0.3) is 0 Å². The number of aliphatic imine (C=N–C) groups is 1. The van der Waals surface area contributed by atoms with E-state index in [0.29, 0.717) is 6.54 Å². The summed E-state index contributed by atoms with van der Waals surface area (Å²) in [5, 5.41) is 6.74. The van der Waals surface area contributed by atoms with Crippen molar-refractivity contribution in [2.24, 2.45) is 4.99 Å². The van der Waals surface area contributed by atoms with Crippen molar-refractivity contribution in [1.82, 2.24) is 20.2 Å². The van der Waals surface area contributed by atoms with Gasteiger partial charge in [-0.2, -0.15) is 0 Å². The molecule has 1 unspecified atom stereocenters. The Balaban J connectivity index is 0.00000261. The van der Waals surface area contributed by atoms with E-state index in [0.717, 1.165) is 45.0 Å². The van der Waals surface area contributed by atoms with Crippen molar-refractivity contribution < 1.29 is 4.74 Å². The van der Waals surface area contributed by atoms with Crippen LogP contribution in [-0.2, 0) is 17.8 Å². The lowest BCUT2D eigenvalue weighted by molar-refractivity contribution is 0.0243. The fraction of sp³-hybridized carbons (Fsp3) is 0.500. The lowest BCUT2D eigenvalue weighted by atomic mass is 10.0. The van der Waals surface area contributed by atoms with Gasteiger partial charge >= 0.3 is 0 Å². The number of benzene rings is 1. The van der Waals surface area contributed by atoms with Gasteiger partial charge in [0.2, 0.25) is 0 Å². The Morgan fingerprint density at radius 3 is 2.89 bits per heavy atom. The summed E-state index contributed by atoms with van der Waals surface area (Å²) in [6.07, 6.45) is 7.84. The molecule has 0 radical (unpaired) electrons. The van der Waals surface area contributed by atoms with Gasteiger partial charge < -0.3 is 19.9 Å². The summed E-state index contributed by atoms with van der Waals surface area (Å²) in [6.45, 7) is 8.18. The molecule has 6 nitrogen and oxygen atoms in total. The molecule has 1 aliphatic rings. The van der Waals surface area contributed by atoms with Crippen molar-refractivity contribution in [1.29, 1.82) is 0 Å². The molecule has 1 atom stereocenters. The molecule has 2 heterocycles. The van der Waals surface area contributed by atoms with Crippen LogP contribution in [0.25, 0.3) is 0 Å². The van der Waals surface area contributed by atoms with E-state index in [-0.39, 0.29) is 29.6 Å². The second-order valence-electron chi connectivity index (χ2n) is 7.01. The number of hydrogen-bond donors (Lipinski definition) is 2. The second-order valence-corrected chi connectivity index (χ2v) is 7.01. The smallest absolute Gasteiger partial charge is 0.191 e. The van der Waals surface area contributed by atoms with Gasteiger partial charge in [-0.25, -0.2) is 9.98 Å². The number of ether oxygens (including phenoxy) is 1. The molecule has 148 valence electrons. The van der Waals surface area contributed by atoms with Crippen molar-refractivity contribution in [3.63, 3.8) is 0 Å². The Labute approximate surface area is 178 Å². The molecule has 0 spiro atoms. The highest BCUT2D eigenvalue weighted by Crippen LogP contribution is 2.23. The van der Waals surface area contributed by atoms with E-state index in [4.69, 9.17) is 9.73 Å². The van der Waals surface area contributed by atoms with Crippen LogP contribution in [0.2, 0.25) is 0 Å². The summed E-state index contributed by atoms with van der Waals surface area (Å²) >= 11 is 0. The minimum Gasteiger partial charge on any atom is -0.373 e. The van der Waals surface area contributed by atoms with Crippen LogP contribution in [0.1, 0.15) is 37.8 Å². The third kappa shape index (κ3) is 6.80. The quantitative estimate of drug-likeness (QED) is 0.361. The van der Waals surface area contributed by atoms with Gasteiger partial charge in [-0.1, -0.05) is 24.3 Å². The summed E-state index contributed by atoms with van der Waals surface area (Å²) in [7, 11) is 0. The number of guanidine groups is 1. The molecule has 27 heavy (non-hydrogen) atoms. The van der Waals surface area contributed by atoms with Crippen molar-refractivity contribution in [2.45, 2.75) is 45.4 Å². The normalized spacial score (nSPS) is 19.6. The topological polar surface area (TPSA) is 63.5 Å². The average Bonchev–Trinajstić information content (AvgIpc) is 3.30. The molecule has 7 heteroatoms. The Morgan fingerprint density at radius 2 is 2.19 bits per heavy atom. The summed E-state index contributed by atoms with van der Waals surface area (Å²) in [5.74, 6) is 0.837. The number of nitrogens with one attached hydrogen (secondary N) is 2. The van der Waals surface area contributed by atoms with Crippen LogP contribution in [0.15, 0.2) is 48.0 Å². The monoisotopic (exact) mass is 483 g/mol. The van der Waals surface area contributed by atoms with E-state index >= 15 is 0 Å². The molecule has 0 saturated carbocycles. The van der Waals surface area contributed by atoms with Gasteiger partial charge in [0, 0.05) is 38.6 Å². The largest absolute Gasteiger partial charge is 0.373 e. The summed E-state index contributed by atoms with van der Waals surface area (Å²) < 4.78 is 7.91. The Bertz CT molecular complexity index is 711. The average molecular weight is 483 g/mol. The van der Waals surface area contributed by atoms with Crippen LogP contribution < -0.4 is 10.6 Å². The molecule has 0 bridgehead atoms. The molecular weight excluding hydrogens is 453 g/mol. The van der Waals surface area contributed by atoms with Gasteiger partial charge in [-0.3, -0.25) is 0 Å². The summed E-state index contributed by atoms with van der Waals surface area (Å²) in [4.78, 5) is 8.83. The van der Waals surface area contributed by atoms with E-state index in [1.807, 2.05) is 12.5 Å². The highest BCUT2D eigenvalue weighted by Gasteiger charge is 2.29. The first-order chi connectivity index (χ1) is 12.7. The van der Waals surface area contributed by atoms with E-state index in [1.165, 1.54) is 11.1 Å². The Hall–Kier alpha value is -1.61. The molecule has 0 aliphatic carbocycles. The van der Waals surface area contributed by atoms with Gasteiger partial charge in [-0.05, 0) is 37.8 Å². The molecule has 1 aliphatic heterocycles. The molecule has 2 aromatic rings. The van der Waals surface area contributed by atoms with Crippen molar-refractivity contribution >= 4 is 29.9 Å². The van der Waals surface area contributed by atoms with Gasteiger partial charge in [0.05, 0.1) is 18.5 Å². The molecule has 0 amide bonds.